The minimum atomic E-state index is 0.792. The lowest BCUT2D eigenvalue weighted by molar-refractivity contribution is 1.10. The van der Waals surface area contributed by atoms with E-state index >= 15 is 0 Å². The van der Waals surface area contributed by atoms with E-state index in [0.717, 1.165) is 28.0 Å². The molecule has 0 saturated heterocycles. The SMILES string of the molecule is Cc1nc(-c2ccc(-c3ccccc3)cc2)c2c(ccc3ccccc32)n1. The van der Waals surface area contributed by atoms with Crippen molar-refractivity contribution in [1.29, 1.82) is 0 Å². The van der Waals surface area contributed by atoms with E-state index in [1.165, 1.54) is 21.9 Å². The molecule has 0 bridgehead atoms. The van der Waals surface area contributed by atoms with Gasteiger partial charge in [0.05, 0.1) is 11.2 Å². The van der Waals surface area contributed by atoms with Crippen LogP contribution in [-0.4, -0.2) is 9.97 Å². The molecule has 128 valence electrons. The summed E-state index contributed by atoms with van der Waals surface area (Å²) in [6.45, 7) is 1.95. The molecule has 0 spiro atoms. The Balaban J connectivity index is 1.74. The normalized spacial score (nSPS) is 11.1. The van der Waals surface area contributed by atoms with Crippen LogP contribution in [0.1, 0.15) is 5.82 Å². The van der Waals surface area contributed by atoms with Crippen molar-refractivity contribution in [3.8, 4) is 22.4 Å². The number of hydrogen-bond acceptors (Lipinski definition) is 2. The third kappa shape index (κ3) is 2.76. The van der Waals surface area contributed by atoms with Gasteiger partial charge in [0.25, 0.3) is 0 Å². The summed E-state index contributed by atoms with van der Waals surface area (Å²) in [5.74, 6) is 0.792. The van der Waals surface area contributed by atoms with E-state index in [9.17, 15) is 0 Å². The van der Waals surface area contributed by atoms with Gasteiger partial charge in [-0.1, -0.05) is 84.9 Å². The van der Waals surface area contributed by atoms with Gasteiger partial charge in [0.1, 0.15) is 5.82 Å². The highest BCUT2D eigenvalue weighted by Crippen LogP contribution is 2.33. The summed E-state index contributed by atoms with van der Waals surface area (Å²) in [7, 11) is 0. The molecule has 0 N–H and O–H groups in total. The Morgan fingerprint density at radius 2 is 1.22 bits per heavy atom. The summed E-state index contributed by atoms with van der Waals surface area (Å²) in [5, 5.41) is 3.52. The molecule has 27 heavy (non-hydrogen) atoms. The van der Waals surface area contributed by atoms with Crippen molar-refractivity contribution in [2.45, 2.75) is 6.92 Å². The molecule has 0 aliphatic carbocycles. The second-order valence-corrected chi connectivity index (χ2v) is 6.74. The van der Waals surface area contributed by atoms with Crippen LogP contribution >= 0.6 is 0 Å². The number of aromatic nitrogens is 2. The van der Waals surface area contributed by atoms with Gasteiger partial charge in [-0.2, -0.15) is 0 Å². The van der Waals surface area contributed by atoms with Crippen LogP contribution in [0.2, 0.25) is 0 Å². The fourth-order valence-corrected chi connectivity index (χ4v) is 3.68. The van der Waals surface area contributed by atoms with E-state index in [0.29, 0.717) is 0 Å². The van der Waals surface area contributed by atoms with Crippen molar-refractivity contribution in [2.75, 3.05) is 0 Å². The van der Waals surface area contributed by atoms with Gasteiger partial charge in [0, 0.05) is 10.9 Å². The average Bonchev–Trinajstić information content (AvgIpc) is 2.73. The van der Waals surface area contributed by atoms with Gasteiger partial charge >= 0.3 is 0 Å². The molecule has 1 aromatic heterocycles. The monoisotopic (exact) mass is 346 g/mol. The molecule has 4 aromatic carbocycles. The number of rotatable bonds is 2. The highest BCUT2D eigenvalue weighted by molar-refractivity contribution is 6.12. The first-order valence-electron chi connectivity index (χ1n) is 9.11. The summed E-state index contributed by atoms with van der Waals surface area (Å²) in [4.78, 5) is 9.48. The summed E-state index contributed by atoms with van der Waals surface area (Å²) >= 11 is 0. The average molecular weight is 346 g/mol. The fraction of sp³-hybridized carbons (Fsp3) is 0.0400. The molecule has 1 heterocycles. The molecule has 5 aromatic rings. The van der Waals surface area contributed by atoms with Gasteiger partial charge in [-0.05, 0) is 34.9 Å². The summed E-state index contributed by atoms with van der Waals surface area (Å²) in [5.41, 5.74) is 5.52. The Bertz CT molecular complexity index is 1260. The molecule has 2 heteroatoms. The quantitative estimate of drug-likeness (QED) is 0.344. The Labute approximate surface area is 158 Å². The van der Waals surface area contributed by atoms with E-state index in [-0.39, 0.29) is 0 Å². The smallest absolute Gasteiger partial charge is 0.126 e. The highest BCUT2D eigenvalue weighted by Gasteiger charge is 2.12. The van der Waals surface area contributed by atoms with Gasteiger partial charge in [0.15, 0.2) is 0 Å². The lowest BCUT2D eigenvalue weighted by atomic mass is 9.98. The van der Waals surface area contributed by atoms with E-state index in [2.05, 4.69) is 89.9 Å². The number of hydrogen-bond donors (Lipinski definition) is 0. The molecule has 2 nitrogen and oxygen atoms in total. The standard InChI is InChI=1S/C25H18N2/c1-17-26-23-16-15-20-9-5-6-10-22(20)24(23)25(27-17)21-13-11-19(12-14-21)18-7-3-2-4-8-18/h2-16H,1H3. The predicted molar refractivity (Wildman–Crippen MR) is 113 cm³/mol. The first-order chi connectivity index (χ1) is 13.3. The minimum absolute atomic E-state index is 0.792. The van der Waals surface area contributed by atoms with Crippen LogP contribution in [0.3, 0.4) is 0 Å². The van der Waals surface area contributed by atoms with E-state index in [4.69, 9.17) is 4.98 Å². The highest BCUT2D eigenvalue weighted by atomic mass is 14.9. The van der Waals surface area contributed by atoms with Crippen LogP contribution in [0.5, 0.6) is 0 Å². The van der Waals surface area contributed by atoms with Crippen LogP contribution in [0, 0.1) is 6.92 Å². The number of aryl methyl sites for hydroxylation is 1. The Hall–Kier alpha value is -3.52. The predicted octanol–water partition coefficient (Wildman–Crippen LogP) is 6.43. The van der Waals surface area contributed by atoms with Crippen molar-refractivity contribution >= 4 is 21.7 Å². The maximum atomic E-state index is 4.81. The summed E-state index contributed by atoms with van der Waals surface area (Å²) in [6.07, 6.45) is 0. The van der Waals surface area contributed by atoms with Crippen LogP contribution in [0.15, 0.2) is 91.0 Å². The number of benzene rings is 4. The maximum Gasteiger partial charge on any atom is 0.126 e. The Morgan fingerprint density at radius 3 is 2.04 bits per heavy atom. The number of nitrogens with zero attached hydrogens (tertiary/aromatic N) is 2. The first kappa shape index (κ1) is 15.7. The molecule has 0 amide bonds. The molecular formula is C25H18N2. The summed E-state index contributed by atoms with van der Waals surface area (Å²) < 4.78 is 0. The van der Waals surface area contributed by atoms with Crippen LogP contribution in [0.25, 0.3) is 44.1 Å². The van der Waals surface area contributed by atoms with Crippen molar-refractivity contribution in [1.82, 2.24) is 9.97 Å². The van der Waals surface area contributed by atoms with Crippen molar-refractivity contribution in [2.24, 2.45) is 0 Å². The largest absolute Gasteiger partial charge is 0.233 e. The molecule has 0 fully saturated rings. The third-order valence-corrected chi connectivity index (χ3v) is 4.97. The van der Waals surface area contributed by atoms with Crippen LogP contribution in [0.4, 0.5) is 0 Å². The van der Waals surface area contributed by atoms with Gasteiger partial charge in [-0.15, -0.1) is 0 Å². The number of fused-ring (bicyclic) bond motifs is 3. The topological polar surface area (TPSA) is 25.8 Å². The summed E-state index contributed by atoms with van der Waals surface area (Å²) in [6, 6.07) is 31.7. The molecule has 0 saturated carbocycles. The zero-order valence-corrected chi connectivity index (χ0v) is 15.1. The molecule has 0 aliphatic heterocycles. The minimum Gasteiger partial charge on any atom is -0.233 e. The lowest BCUT2D eigenvalue weighted by Crippen LogP contribution is -1.95. The lowest BCUT2D eigenvalue weighted by Gasteiger charge is -2.11. The second-order valence-electron chi connectivity index (χ2n) is 6.74. The molecule has 0 aliphatic rings. The third-order valence-electron chi connectivity index (χ3n) is 4.97. The molecule has 5 rings (SSSR count). The van der Waals surface area contributed by atoms with Gasteiger partial charge in [-0.3, -0.25) is 0 Å². The van der Waals surface area contributed by atoms with Gasteiger partial charge < -0.3 is 0 Å². The van der Waals surface area contributed by atoms with Crippen molar-refractivity contribution in [3.05, 3.63) is 96.8 Å². The van der Waals surface area contributed by atoms with Crippen LogP contribution < -0.4 is 0 Å². The van der Waals surface area contributed by atoms with E-state index in [1.807, 2.05) is 13.0 Å². The first-order valence-corrected chi connectivity index (χ1v) is 9.11. The molecule has 0 radical (unpaired) electrons. The van der Waals surface area contributed by atoms with E-state index < -0.39 is 0 Å². The molecule has 0 unspecified atom stereocenters. The van der Waals surface area contributed by atoms with Crippen molar-refractivity contribution < 1.29 is 0 Å². The molecular weight excluding hydrogens is 328 g/mol. The van der Waals surface area contributed by atoms with Gasteiger partial charge in [0.2, 0.25) is 0 Å². The maximum absolute atomic E-state index is 4.81. The zero-order chi connectivity index (χ0) is 18.2. The molecule has 0 atom stereocenters. The zero-order valence-electron chi connectivity index (χ0n) is 15.1. The van der Waals surface area contributed by atoms with Crippen molar-refractivity contribution in [3.63, 3.8) is 0 Å². The van der Waals surface area contributed by atoms with Gasteiger partial charge in [-0.25, -0.2) is 9.97 Å². The Kier molecular flexibility index (Phi) is 3.68. The Morgan fingerprint density at radius 1 is 0.556 bits per heavy atom. The fourth-order valence-electron chi connectivity index (χ4n) is 3.68. The van der Waals surface area contributed by atoms with Crippen LogP contribution in [-0.2, 0) is 0 Å². The second kappa shape index (κ2) is 6.33. The van der Waals surface area contributed by atoms with E-state index in [1.54, 1.807) is 0 Å².